The molecule has 0 unspecified atom stereocenters. The van der Waals surface area contributed by atoms with Gasteiger partial charge in [-0.2, -0.15) is 5.10 Å². The van der Waals surface area contributed by atoms with E-state index in [1.54, 1.807) is 6.92 Å². The van der Waals surface area contributed by atoms with Crippen molar-refractivity contribution in [3.8, 4) is 0 Å². The van der Waals surface area contributed by atoms with Crippen LogP contribution in [0.15, 0.2) is 42.7 Å². The highest BCUT2D eigenvalue weighted by Crippen LogP contribution is 2.14. The summed E-state index contributed by atoms with van der Waals surface area (Å²) in [5, 5.41) is 7.34. The molecule has 0 aliphatic heterocycles. The van der Waals surface area contributed by atoms with E-state index in [4.69, 9.17) is 4.74 Å². The Bertz CT molecular complexity index is 997. The number of hydrogen-bond acceptors (Lipinski definition) is 6. The van der Waals surface area contributed by atoms with Gasteiger partial charge in [0, 0.05) is 24.0 Å². The summed E-state index contributed by atoms with van der Waals surface area (Å²) in [5.74, 6) is -1.08. The number of nitrogens with one attached hydrogen (secondary N) is 1. The molecule has 8 heteroatoms. The lowest BCUT2D eigenvalue weighted by molar-refractivity contribution is -0.124. The summed E-state index contributed by atoms with van der Waals surface area (Å²) >= 11 is 0. The molecule has 3 aromatic rings. The normalized spacial score (nSPS) is 10.6. The Morgan fingerprint density at radius 1 is 1.07 bits per heavy atom. The van der Waals surface area contributed by atoms with Gasteiger partial charge in [-0.1, -0.05) is 30.3 Å². The topological polar surface area (TPSA) is 99.0 Å². The fraction of sp³-hybridized carbons (Fsp3) is 0.286. The molecule has 150 valence electrons. The maximum atomic E-state index is 12.1. The quantitative estimate of drug-likeness (QED) is 0.618. The smallest absolute Gasteiger partial charge is 0.359 e. The molecule has 0 saturated heterocycles. The number of aryl methyl sites for hydroxylation is 2. The molecule has 0 bridgehead atoms. The Labute approximate surface area is 168 Å². The van der Waals surface area contributed by atoms with Crippen LogP contribution in [-0.4, -0.2) is 38.2 Å². The largest absolute Gasteiger partial charge is 0.451 e. The molecule has 0 aliphatic rings. The van der Waals surface area contributed by atoms with Crippen LogP contribution in [0.3, 0.4) is 0 Å². The highest BCUT2D eigenvalue weighted by Gasteiger charge is 2.15. The third kappa shape index (κ3) is 5.25. The number of esters is 1. The first-order valence-corrected chi connectivity index (χ1v) is 9.23. The minimum absolute atomic E-state index is 0.0669. The molecule has 1 N–H and O–H groups in total. The van der Waals surface area contributed by atoms with E-state index < -0.39 is 11.9 Å². The van der Waals surface area contributed by atoms with Crippen LogP contribution in [0.2, 0.25) is 0 Å². The average molecular weight is 393 g/mol. The standard InChI is InChI=1S/C21H23N5O3/c1-14-9-23-19(11-22-14)21(28)29-13-20(27)24-10-18-15(2)25-26(16(18)3)12-17-7-5-4-6-8-17/h4-9,11H,10,12-13H2,1-3H3,(H,24,27). The molecular weight excluding hydrogens is 370 g/mol. The lowest BCUT2D eigenvalue weighted by Crippen LogP contribution is -2.29. The zero-order chi connectivity index (χ0) is 20.8. The first-order chi connectivity index (χ1) is 13.9. The fourth-order valence-electron chi connectivity index (χ4n) is 2.84. The van der Waals surface area contributed by atoms with E-state index in [1.807, 2.05) is 48.9 Å². The molecule has 0 aliphatic carbocycles. The Kier molecular flexibility index (Phi) is 6.33. The van der Waals surface area contributed by atoms with Crippen molar-refractivity contribution >= 4 is 11.9 Å². The highest BCUT2D eigenvalue weighted by atomic mass is 16.5. The number of nitrogens with zero attached hydrogens (tertiary/aromatic N) is 4. The maximum Gasteiger partial charge on any atom is 0.359 e. The number of ether oxygens (including phenoxy) is 1. The predicted octanol–water partition coefficient (Wildman–Crippen LogP) is 2.12. The van der Waals surface area contributed by atoms with Gasteiger partial charge < -0.3 is 10.1 Å². The average Bonchev–Trinajstić information content (AvgIpc) is 2.98. The number of benzene rings is 1. The third-order valence-corrected chi connectivity index (χ3v) is 4.49. The molecule has 0 fully saturated rings. The number of rotatable bonds is 7. The van der Waals surface area contributed by atoms with Gasteiger partial charge in [0.1, 0.15) is 0 Å². The maximum absolute atomic E-state index is 12.1. The van der Waals surface area contributed by atoms with Gasteiger partial charge in [-0.05, 0) is 26.3 Å². The monoisotopic (exact) mass is 393 g/mol. The molecule has 0 saturated carbocycles. The molecule has 29 heavy (non-hydrogen) atoms. The van der Waals surface area contributed by atoms with E-state index in [2.05, 4.69) is 20.4 Å². The minimum Gasteiger partial charge on any atom is -0.451 e. The Morgan fingerprint density at radius 2 is 1.83 bits per heavy atom. The van der Waals surface area contributed by atoms with E-state index in [0.717, 1.165) is 22.5 Å². The van der Waals surface area contributed by atoms with Gasteiger partial charge in [-0.3, -0.25) is 14.5 Å². The Balaban J connectivity index is 1.53. The molecule has 1 amide bonds. The van der Waals surface area contributed by atoms with Crippen molar-refractivity contribution in [2.45, 2.75) is 33.9 Å². The van der Waals surface area contributed by atoms with Crippen molar-refractivity contribution < 1.29 is 14.3 Å². The second-order valence-electron chi connectivity index (χ2n) is 6.69. The van der Waals surface area contributed by atoms with Gasteiger partial charge in [0.2, 0.25) is 0 Å². The van der Waals surface area contributed by atoms with Gasteiger partial charge >= 0.3 is 5.97 Å². The zero-order valence-corrected chi connectivity index (χ0v) is 16.7. The minimum atomic E-state index is -0.685. The second kappa shape index (κ2) is 9.09. The van der Waals surface area contributed by atoms with Crippen LogP contribution >= 0.6 is 0 Å². The number of carbonyl (C=O) groups excluding carboxylic acids is 2. The van der Waals surface area contributed by atoms with Crippen LogP contribution in [0, 0.1) is 20.8 Å². The van der Waals surface area contributed by atoms with Crippen molar-refractivity contribution in [3.63, 3.8) is 0 Å². The van der Waals surface area contributed by atoms with Gasteiger partial charge in [0.05, 0.1) is 24.1 Å². The lowest BCUT2D eigenvalue weighted by atomic mass is 10.2. The van der Waals surface area contributed by atoms with Crippen LogP contribution in [0.4, 0.5) is 0 Å². The van der Waals surface area contributed by atoms with Gasteiger partial charge in [0.25, 0.3) is 5.91 Å². The second-order valence-corrected chi connectivity index (χ2v) is 6.69. The zero-order valence-electron chi connectivity index (χ0n) is 16.7. The van der Waals surface area contributed by atoms with Crippen LogP contribution in [0.1, 0.15) is 38.7 Å². The van der Waals surface area contributed by atoms with Crippen LogP contribution in [0.5, 0.6) is 0 Å². The SMILES string of the molecule is Cc1cnc(C(=O)OCC(=O)NCc2c(C)nn(Cc3ccccc3)c2C)cn1. The predicted molar refractivity (Wildman–Crippen MR) is 106 cm³/mol. The van der Waals surface area contributed by atoms with Crippen molar-refractivity contribution in [3.05, 3.63) is 76.6 Å². The van der Waals surface area contributed by atoms with E-state index in [9.17, 15) is 9.59 Å². The van der Waals surface area contributed by atoms with Crippen molar-refractivity contribution in [2.75, 3.05) is 6.61 Å². The molecule has 2 aromatic heterocycles. The number of carbonyl (C=O) groups is 2. The highest BCUT2D eigenvalue weighted by molar-refractivity contribution is 5.89. The summed E-state index contributed by atoms with van der Waals surface area (Å²) in [4.78, 5) is 31.9. The molecule has 2 heterocycles. The Hall–Kier alpha value is -3.55. The molecule has 8 nitrogen and oxygen atoms in total. The molecule has 0 spiro atoms. The summed E-state index contributed by atoms with van der Waals surface area (Å²) in [6.07, 6.45) is 2.79. The van der Waals surface area contributed by atoms with E-state index >= 15 is 0 Å². The summed E-state index contributed by atoms with van der Waals surface area (Å²) in [6.45, 7) is 6.24. The fourth-order valence-corrected chi connectivity index (χ4v) is 2.84. The number of amides is 1. The summed E-state index contributed by atoms with van der Waals surface area (Å²) in [7, 11) is 0. The lowest BCUT2D eigenvalue weighted by Gasteiger charge is -2.08. The van der Waals surface area contributed by atoms with Crippen LogP contribution in [0.25, 0.3) is 0 Å². The first-order valence-electron chi connectivity index (χ1n) is 9.23. The van der Waals surface area contributed by atoms with Crippen molar-refractivity contribution in [1.82, 2.24) is 25.1 Å². The molecule has 3 rings (SSSR count). The molecule has 1 aromatic carbocycles. The molecular formula is C21H23N5O3. The van der Waals surface area contributed by atoms with Crippen LogP contribution in [-0.2, 0) is 22.6 Å². The molecule has 0 radical (unpaired) electrons. The molecule has 0 atom stereocenters. The number of hydrogen-bond donors (Lipinski definition) is 1. The summed E-state index contributed by atoms with van der Waals surface area (Å²) in [6, 6.07) is 10.1. The first kappa shape index (κ1) is 20.2. The Morgan fingerprint density at radius 3 is 2.52 bits per heavy atom. The van der Waals surface area contributed by atoms with Crippen LogP contribution < -0.4 is 5.32 Å². The van der Waals surface area contributed by atoms with E-state index in [0.29, 0.717) is 18.8 Å². The van der Waals surface area contributed by atoms with Crippen molar-refractivity contribution in [2.24, 2.45) is 0 Å². The van der Waals surface area contributed by atoms with E-state index in [-0.39, 0.29) is 12.3 Å². The third-order valence-electron chi connectivity index (χ3n) is 4.49. The summed E-state index contributed by atoms with van der Waals surface area (Å²) in [5.41, 5.74) is 4.70. The van der Waals surface area contributed by atoms with E-state index in [1.165, 1.54) is 12.4 Å². The van der Waals surface area contributed by atoms with Crippen molar-refractivity contribution in [1.29, 1.82) is 0 Å². The van der Waals surface area contributed by atoms with Gasteiger partial charge in [0.15, 0.2) is 12.3 Å². The summed E-state index contributed by atoms with van der Waals surface area (Å²) < 4.78 is 6.91. The number of aromatic nitrogens is 4. The van der Waals surface area contributed by atoms with Gasteiger partial charge in [-0.25, -0.2) is 9.78 Å². The van der Waals surface area contributed by atoms with Gasteiger partial charge in [-0.15, -0.1) is 0 Å².